The molecule has 2 N–H and O–H groups in total. The number of amides is 1. The first-order chi connectivity index (χ1) is 13.2. The lowest BCUT2D eigenvalue weighted by Gasteiger charge is -2.32. The number of hydrogen-bond donors (Lipinski definition) is 2. The maximum atomic E-state index is 14.0. The molecule has 2 saturated heterocycles. The molecule has 0 aromatic heterocycles. The number of benzene rings is 2. The first-order valence-electron chi connectivity index (χ1n) is 9.61. The molecular formula is C22H25FN2O2. The van der Waals surface area contributed by atoms with Gasteiger partial charge < -0.3 is 15.4 Å². The van der Waals surface area contributed by atoms with Gasteiger partial charge in [0.15, 0.2) is 0 Å². The smallest absolute Gasteiger partial charge is 0.251 e. The van der Waals surface area contributed by atoms with E-state index in [2.05, 4.69) is 10.6 Å². The molecule has 27 heavy (non-hydrogen) atoms. The molecule has 1 amide bonds. The van der Waals surface area contributed by atoms with Crippen molar-refractivity contribution in [3.63, 3.8) is 0 Å². The Hall–Kier alpha value is -2.24. The van der Waals surface area contributed by atoms with Gasteiger partial charge in [-0.3, -0.25) is 4.79 Å². The zero-order valence-electron chi connectivity index (χ0n) is 15.3. The van der Waals surface area contributed by atoms with Crippen molar-refractivity contribution >= 4 is 5.91 Å². The highest BCUT2D eigenvalue weighted by atomic mass is 19.1. The fourth-order valence-electron chi connectivity index (χ4n) is 4.16. The third-order valence-corrected chi connectivity index (χ3v) is 5.75. The van der Waals surface area contributed by atoms with Gasteiger partial charge in [-0.05, 0) is 61.5 Å². The van der Waals surface area contributed by atoms with Crippen LogP contribution in [0.25, 0.3) is 11.1 Å². The average Bonchev–Trinajstić information content (AvgIpc) is 3.09. The van der Waals surface area contributed by atoms with Crippen LogP contribution in [0, 0.1) is 11.2 Å². The van der Waals surface area contributed by atoms with Gasteiger partial charge in [0.1, 0.15) is 5.82 Å². The topological polar surface area (TPSA) is 50.4 Å². The number of carbonyl (C=O) groups excluding carboxylic acids is 1. The largest absolute Gasteiger partial charge is 0.376 e. The quantitative estimate of drug-likeness (QED) is 0.870. The fourth-order valence-corrected chi connectivity index (χ4v) is 4.16. The summed E-state index contributed by atoms with van der Waals surface area (Å²) in [7, 11) is 0. The lowest BCUT2D eigenvalue weighted by molar-refractivity contribution is 0.0781. The standard InChI is InChI=1S/C22H25FN2O2/c23-20-7-2-1-6-19(20)16-4-3-5-17(12-16)21(26)25-14-18-13-22(15-27-18)8-10-24-11-9-22/h1-7,12,18,24H,8-11,13-15H2,(H,25,26). The molecule has 2 aliphatic rings. The summed E-state index contributed by atoms with van der Waals surface area (Å²) in [6.45, 7) is 3.40. The van der Waals surface area contributed by atoms with Gasteiger partial charge >= 0.3 is 0 Å². The van der Waals surface area contributed by atoms with Crippen LogP contribution >= 0.6 is 0 Å². The molecule has 4 rings (SSSR count). The molecule has 0 aliphatic carbocycles. The van der Waals surface area contributed by atoms with E-state index in [1.54, 1.807) is 36.4 Å². The summed E-state index contributed by atoms with van der Waals surface area (Å²) in [5, 5.41) is 6.38. The van der Waals surface area contributed by atoms with Crippen molar-refractivity contribution in [3.8, 4) is 11.1 Å². The van der Waals surface area contributed by atoms with Gasteiger partial charge in [0.05, 0.1) is 12.7 Å². The van der Waals surface area contributed by atoms with Gasteiger partial charge in [-0.25, -0.2) is 4.39 Å². The Morgan fingerprint density at radius 3 is 2.81 bits per heavy atom. The highest BCUT2D eigenvalue weighted by Crippen LogP contribution is 2.40. The Kier molecular flexibility index (Phi) is 5.23. The van der Waals surface area contributed by atoms with Gasteiger partial charge in [0.2, 0.25) is 0 Å². The van der Waals surface area contributed by atoms with E-state index in [1.807, 2.05) is 6.07 Å². The molecule has 2 heterocycles. The first kappa shape index (κ1) is 18.1. The monoisotopic (exact) mass is 368 g/mol. The molecule has 0 saturated carbocycles. The Balaban J connectivity index is 1.38. The minimum atomic E-state index is -0.290. The van der Waals surface area contributed by atoms with Crippen LogP contribution in [0.5, 0.6) is 0 Å². The van der Waals surface area contributed by atoms with E-state index in [4.69, 9.17) is 4.74 Å². The molecule has 1 spiro atoms. The van der Waals surface area contributed by atoms with E-state index in [-0.39, 0.29) is 23.2 Å². The lowest BCUT2D eigenvalue weighted by atomic mass is 9.77. The maximum Gasteiger partial charge on any atom is 0.251 e. The highest BCUT2D eigenvalue weighted by molar-refractivity contribution is 5.95. The van der Waals surface area contributed by atoms with Crippen LogP contribution in [-0.4, -0.2) is 38.3 Å². The van der Waals surface area contributed by atoms with Gasteiger partial charge in [-0.1, -0.05) is 30.3 Å². The molecule has 4 nitrogen and oxygen atoms in total. The summed E-state index contributed by atoms with van der Waals surface area (Å²) in [6.07, 6.45) is 3.36. The van der Waals surface area contributed by atoms with E-state index in [0.29, 0.717) is 23.2 Å². The van der Waals surface area contributed by atoms with Crippen molar-refractivity contribution in [2.24, 2.45) is 5.41 Å². The van der Waals surface area contributed by atoms with Crippen molar-refractivity contribution in [3.05, 3.63) is 59.9 Å². The summed E-state index contributed by atoms with van der Waals surface area (Å²) in [4.78, 5) is 12.6. The second kappa shape index (κ2) is 7.79. The predicted octanol–water partition coefficient (Wildman–Crippen LogP) is 3.38. The van der Waals surface area contributed by atoms with Gasteiger partial charge in [0, 0.05) is 17.7 Å². The number of carbonyl (C=O) groups is 1. The first-order valence-corrected chi connectivity index (χ1v) is 9.61. The van der Waals surface area contributed by atoms with Crippen molar-refractivity contribution in [2.75, 3.05) is 26.2 Å². The Bertz CT molecular complexity index is 817. The van der Waals surface area contributed by atoms with Crippen LogP contribution in [0.15, 0.2) is 48.5 Å². The minimum absolute atomic E-state index is 0.0711. The van der Waals surface area contributed by atoms with E-state index in [1.165, 1.54) is 6.07 Å². The SMILES string of the molecule is O=C(NCC1CC2(CCNCC2)CO1)c1cccc(-c2ccccc2F)c1. The average molecular weight is 368 g/mol. The number of halogens is 1. The predicted molar refractivity (Wildman–Crippen MR) is 103 cm³/mol. The summed E-state index contributed by atoms with van der Waals surface area (Å²) < 4.78 is 20.0. The summed E-state index contributed by atoms with van der Waals surface area (Å²) in [6, 6.07) is 13.7. The van der Waals surface area contributed by atoms with E-state index in [0.717, 1.165) is 39.0 Å². The third kappa shape index (κ3) is 4.04. The lowest BCUT2D eigenvalue weighted by Crippen LogP contribution is -2.38. The molecule has 0 radical (unpaired) electrons. The second-order valence-corrected chi connectivity index (χ2v) is 7.66. The molecule has 1 unspecified atom stereocenters. The second-order valence-electron chi connectivity index (χ2n) is 7.66. The van der Waals surface area contributed by atoms with Gasteiger partial charge in [-0.2, -0.15) is 0 Å². The number of ether oxygens (including phenoxy) is 1. The van der Waals surface area contributed by atoms with Crippen LogP contribution in [0.1, 0.15) is 29.6 Å². The number of nitrogens with one attached hydrogen (secondary N) is 2. The summed E-state index contributed by atoms with van der Waals surface area (Å²) in [5.74, 6) is -0.440. The Labute approximate surface area is 159 Å². The van der Waals surface area contributed by atoms with Crippen LogP contribution in [0.4, 0.5) is 4.39 Å². The van der Waals surface area contributed by atoms with Crippen molar-refractivity contribution in [1.82, 2.24) is 10.6 Å². The van der Waals surface area contributed by atoms with Crippen LogP contribution in [-0.2, 0) is 4.74 Å². The molecule has 5 heteroatoms. The molecule has 1 atom stereocenters. The summed E-state index contributed by atoms with van der Waals surface area (Å²) in [5.41, 5.74) is 2.02. The highest BCUT2D eigenvalue weighted by Gasteiger charge is 2.40. The minimum Gasteiger partial charge on any atom is -0.376 e. The van der Waals surface area contributed by atoms with Crippen LogP contribution < -0.4 is 10.6 Å². The van der Waals surface area contributed by atoms with E-state index >= 15 is 0 Å². The zero-order chi connectivity index (χ0) is 18.7. The molecule has 2 fully saturated rings. The van der Waals surface area contributed by atoms with E-state index < -0.39 is 0 Å². The number of piperidine rings is 1. The molecule has 0 bridgehead atoms. The Morgan fingerprint density at radius 1 is 1.19 bits per heavy atom. The van der Waals surface area contributed by atoms with Gasteiger partial charge in [0.25, 0.3) is 5.91 Å². The molecular weight excluding hydrogens is 343 g/mol. The van der Waals surface area contributed by atoms with Crippen molar-refractivity contribution in [1.29, 1.82) is 0 Å². The molecule has 142 valence electrons. The third-order valence-electron chi connectivity index (χ3n) is 5.75. The van der Waals surface area contributed by atoms with Gasteiger partial charge in [-0.15, -0.1) is 0 Å². The fraction of sp³-hybridized carbons (Fsp3) is 0.409. The maximum absolute atomic E-state index is 14.0. The summed E-state index contributed by atoms with van der Waals surface area (Å²) >= 11 is 0. The van der Waals surface area contributed by atoms with Crippen molar-refractivity contribution in [2.45, 2.75) is 25.4 Å². The normalized spacial score (nSPS) is 21.3. The zero-order valence-corrected chi connectivity index (χ0v) is 15.3. The Morgan fingerprint density at radius 2 is 2.00 bits per heavy atom. The molecule has 2 aromatic carbocycles. The molecule has 2 aliphatic heterocycles. The van der Waals surface area contributed by atoms with Crippen molar-refractivity contribution < 1.29 is 13.9 Å². The van der Waals surface area contributed by atoms with E-state index in [9.17, 15) is 9.18 Å². The van der Waals surface area contributed by atoms with Crippen LogP contribution in [0.2, 0.25) is 0 Å². The molecule has 2 aromatic rings. The number of rotatable bonds is 4. The van der Waals surface area contributed by atoms with Crippen LogP contribution in [0.3, 0.4) is 0 Å². The number of hydrogen-bond acceptors (Lipinski definition) is 3.